The van der Waals surface area contributed by atoms with Crippen molar-refractivity contribution >= 4 is 11.6 Å². The second kappa shape index (κ2) is 7.86. The fourth-order valence-electron chi connectivity index (χ4n) is 3.34. The molecule has 1 amide bonds. The second-order valence-corrected chi connectivity index (χ2v) is 6.71. The topological polar surface area (TPSA) is 54.5 Å². The summed E-state index contributed by atoms with van der Waals surface area (Å²) in [6, 6.07) is 9.65. The highest BCUT2D eigenvalue weighted by atomic mass is 19.2. The van der Waals surface area contributed by atoms with Crippen LogP contribution in [-0.4, -0.2) is 22.9 Å². The highest BCUT2D eigenvalue weighted by Crippen LogP contribution is 2.37. The number of hydrogen-bond acceptors (Lipinski definition) is 4. The number of aromatic nitrogens is 1. The molecule has 4 rings (SSSR count). The van der Waals surface area contributed by atoms with E-state index in [1.54, 1.807) is 24.3 Å². The monoisotopic (exact) mass is 435 g/mol. The van der Waals surface area contributed by atoms with E-state index in [-0.39, 0.29) is 17.8 Å². The molecular formula is C21H14F5N3O2. The Labute approximate surface area is 173 Å². The Kier molecular flexibility index (Phi) is 5.22. The number of fused-ring (bicyclic) bond motifs is 1. The Bertz CT molecular complexity index is 1140. The molecule has 1 aliphatic heterocycles. The molecule has 2 heterocycles. The molecule has 0 saturated heterocycles. The molecule has 0 spiro atoms. The highest BCUT2D eigenvalue weighted by Gasteiger charge is 2.39. The predicted molar refractivity (Wildman–Crippen MR) is 99.7 cm³/mol. The van der Waals surface area contributed by atoms with Gasteiger partial charge in [0, 0.05) is 12.7 Å². The van der Waals surface area contributed by atoms with Gasteiger partial charge in [-0.05, 0) is 29.8 Å². The van der Waals surface area contributed by atoms with Crippen LogP contribution in [-0.2, 0) is 6.54 Å². The maximum absolute atomic E-state index is 14.2. The predicted octanol–water partition coefficient (Wildman–Crippen LogP) is 4.55. The van der Waals surface area contributed by atoms with Crippen LogP contribution in [0.2, 0.25) is 0 Å². The summed E-state index contributed by atoms with van der Waals surface area (Å²) in [6.45, 7) is -0.0216. The first-order valence-electron chi connectivity index (χ1n) is 9.00. The molecule has 0 aliphatic carbocycles. The average molecular weight is 435 g/mol. The number of hydrogen-bond donors (Lipinski definition) is 1. The molecule has 2 aromatic carbocycles. The number of amides is 1. The Morgan fingerprint density at radius 1 is 0.968 bits per heavy atom. The number of pyridine rings is 1. The summed E-state index contributed by atoms with van der Waals surface area (Å²) >= 11 is 0. The zero-order chi connectivity index (χ0) is 22.3. The van der Waals surface area contributed by atoms with Crippen molar-refractivity contribution in [1.29, 1.82) is 0 Å². The van der Waals surface area contributed by atoms with Gasteiger partial charge in [0.05, 0.1) is 18.4 Å². The zero-order valence-corrected chi connectivity index (χ0v) is 15.9. The molecule has 0 saturated carbocycles. The van der Waals surface area contributed by atoms with Gasteiger partial charge in [0.1, 0.15) is 17.6 Å². The third kappa shape index (κ3) is 3.43. The normalized spacial score (nSPS) is 15.2. The van der Waals surface area contributed by atoms with Gasteiger partial charge in [0.2, 0.25) is 5.82 Å². The van der Waals surface area contributed by atoms with Gasteiger partial charge in [-0.3, -0.25) is 9.78 Å². The largest absolute Gasteiger partial charge is 0.497 e. The van der Waals surface area contributed by atoms with Crippen LogP contribution < -0.4 is 10.1 Å². The van der Waals surface area contributed by atoms with Gasteiger partial charge in [-0.15, -0.1) is 0 Å². The van der Waals surface area contributed by atoms with E-state index in [2.05, 4.69) is 10.3 Å². The smallest absolute Gasteiger partial charge is 0.258 e. The summed E-state index contributed by atoms with van der Waals surface area (Å²) in [5.41, 5.74) is -0.346. The minimum atomic E-state index is -2.27. The van der Waals surface area contributed by atoms with Crippen LogP contribution in [0.3, 0.4) is 0 Å². The molecule has 1 atom stereocenters. The van der Waals surface area contributed by atoms with Crippen LogP contribution >= 0.6 is 0 Å². The van der Waals surface area contributed by atoms with E-state index in [0.29, 0.717) is 11.3 Å². The summed E-state index contributed by atoms with van der Waals surface area (Å²) in [5.74, 6) is -10.4. The number of halogens is 5. The molecule has 1 aromatic heterocycles. The van der Waals surface area contributed by atoms with Gasteiger partial charge >= 0.3 is 0 Å². The Balaban J connectivity index is 1.75. The molecule has 0 radical (unpaired) electrons. The van der Waals surface area contributed by atoms with E-state index >= 15 is 0 Å². The third-order valence-electron chi connectivity index (χ3n) is 4.90. The van der Waals surface area contributed by atoms with E-state index < -0.39 is 46.8 Å². The molecule has 1 aliphatic rings. The SMILES string of the molecule is COc1ccc(CN2C(=O)c3cccnc3[C@H]2Nc2c(F)c(F)c(F)c(F)c2F)cc1. The summed E-state index contributed by atoms with van der Waals surface area (Å²) < 4.78 is 74.3. The fraction of sp³-hybridized carbons (Fsp3) is 0.143. The number of benzene rings is 2. The van der Waals surface area contributed by atoms with E-state index in [4.69, 9.17) is 4.74 Å². The van der Waals surface area contributed by atoms with Crippen LogP contribution in [0.15, 0.2) is 42.6 Å². The van der Waals surface area contributed by atoms with E-state index in [1.165, 1.54) is 30.3 Å². The molecule has 0 bridgehead atoms. The molecule has 5 nitrogen and oxygen atoms in total. The summed E-state index contributed by atoms with van der Waals surface area (Å²) in [4.78, 5) is 18.2. The van der Waals surface area contributed by atoms with Crippen LogP contribution in [0.4, 0.5) is 27.6 Å². The summed E-state index contributed by atoms with van der Waals surface area (Å²) in [7, 11) is 1.49. The lowest BCUT2D eigenvalue weighted by Gasteiger charge is -2.27. The van der Waals surface area contributed by atoms with Crippen molar-refractivity contribution in [2.24, 2.45) is 0 Å². The molecule has 1 N–H and O–H groups in total. The maximum Gasteiger partial charge on any atom is 0.258 e. The molecular weight excluding hydrogens is 421 g/mol. The van der Waals surface area contributed by atoms with Crippen LogP contribution in [0, 0.1) is 29.1 Å². The number of anilines is 1. The maximum atomic E-state index is 14.2. The molecule has 10 heteroatoms. The van der Waals surface area contributed by atoms with Crippen molar-refractivity contribution in [3.8, 4) is 5.75 Å². The van der Waals surface area contributed by atoms with Crippen molar-refractivity contribution in [1.82, 2.24) is 9.88 Å². The lowest BCUT2D eigenvalue weighted by molar-refractivity contribution is 0.0727. The molecule has 0 unspecified atom stereocenters. The number of nitrogens with one attached hydrogen (secondary N) is 1. The number of ether oxygens (including phenoxy) is 1. The Morgan fingerprint density at radius 2 is 1.58 bits per heavy atom. The number of carbonyl (C=O) groups is 1. The summed E-state index contributed by atoms with van der Waals surface area (Å²) in [5, 5.41) is 2.29. The first kappa shape index (κ1) is 20.6. The zero-order valence-electron chi connectivity index (χ0n) is 15.9. The van der Waals surface area contributed by atoms with Crippen molar-refractivity contribution in [2.45, 2.75) is 12.7 Å². The standard InChI is InChI=1S/C21H14F5N3O2/c1-31-11-6-4-10(5-7-11)9-29-20(18-12(21(29)30)3-2-8-27-18)28-19-16(25)14(23)13(22)15(24)17(19)26/h2-8,20,28H,9H2,1H3/t20-/m0/s1. The second-order valence-electron chi connectivity index (χ2n) is 6.71. The number of rotatable bonds is 5. The van der Waals surface area contributed by atoms with Gasteiger partial charge < -0.3 is 15.0 Å². The van der Waals surface area contributed by atoms with Crippen LogP contribution in [0.1, 0.15) is 27.8 Å². The van der Waals surface area contributed by atoms with E-state index in [0.717, 1.165) is 0 Å². The van der Waals surface area contributed by atoms with Crippen LogP contribution in [0.5, 0.6) is 5.75 Å². The molecule has 0 fully saturated rings. The number of carbonyl (C=O) groups excluding carboxylic acids is 1. The number of nitrogens with zero attached hydrogens (tertiary/aromatic N) is 2. The van der Waals surface area contributed by atoms with Gasteiger partial charge in [0.25, 0.3) is 5.91 Å². The fourth-order valence-corrected chi connectivity index (χ4v) is 3.34. The average Bonchev–Trinajstić information content (AvgIpc) is 3.05. The Hall–Kier alpha value is -3.69. The van der Waals surface area contributed by atoms with Crippen LogP contribution in [0.25, 0.3) is 0 Å². The third-order valence-corrected chi connectivity index (χ3v) is 4.90. The highest BCUT2D eigenvalue weighted by molar-refractivity contribution is 5.98. The van der Waals surface area contributed by atoms with Gasteiger partial charge in [-0.2, -0.15) is 0 Å². The molecule has 160 valence electrons. The Morgan fingerprint density at radius 3 is 2.19 bits per heavy atom. The quantitative estimate of drug-likeness (QED) is 0.363. The van der Waals surface area contributed by atoms with Crippen molar-refractivity contribution in [3.05, 3.63) is 88.5 Å². The van der Waals surface area contributed by atoms with Crippen molar-refractivity contribution in [2.75, 3.05) is 12.4 Å². The first-order valence-corrected chi connectivity index (χ1v) is 9.00. The van der Waals surface area contributed by atoms with Gasteiger partial charge in [-0.25, -0.2) is 22.0 Å². The van der Waals surface area contributed by atoms with E-state index in [9.17, 15) is 26.7 Å². The lowest BCUT2D eigenvalue weighted by atomic mass is 10.2. The lowest BCUT2D eigenvalue weighted by Crippen LogP contribution is -2.32. The summed E-state index contributed by atoms with van der Waals surface area (Å²) in [6.07, 6.45) is 0.0926. The minimum absolute atomic E-state index is 0.0216. The molecule has 3 aromatic rings. The van der Waals surface area contributed by atoms with Crippen molar-refractivity contribution < 1.29 is 31.5 Å². The minimum Gasteiger partial charge on any atom is -0.497 e. The van der Waals surface area contributed by atoms with Gasteiger partial charge in [0.15, 0.2) is 23.3 Å². The number of methoxy groups -OCH3 is 1. The van der Waals surface area contributed by atoms with Gasteiger partial charge in [-0.1, -0.05) is 12.1 Å². The molecule has 31 heavy (non-hydrogen) atoms. The first-order chi connectivity index (χ1) is 14.8. The van der Waals surface area contributed by atoms with Crippen molar-refractivity contribution in [3.63, 3.8) is 0 Å². The van der Waals surface area contributed by atoms with E-state index in [1.807, 2.05) is 0 Å².